The summed E-state index contributed by atoms with van der Waals surface area (Å²) < 4.78 is 0. The summed E-state index contributed by atoms with van der Waals surface area (Å²) in [5.41, 5.74) is 0.664. The Balaban J connectivity index is 2.04. The Morgan fingerprint density at radius 2 is 1.75 bits per heavy atom. The summed E-state index contributed by atoms with van der Waals surface area (Å²) in [5, 5.41) is 3.74. The third kappa shape index (κ3) is 4.45. The molecule has 16 heavy (non-hydrogen) atoms. The van der Waals surface area contributed by atoms with Crippen molar-refractivity contribution in [3.8, 4) is 0 Å². The van der Waals surface area contributed by atoms with Gasteiger partial charge < -0.3 is 5.32 Å². The number of hydrogen-bond donors (Lipinski definition) is 1. The van der Waals surface area contributed by atoms with E-state index in [4.69, 9.17) is 0 Å². The first-order valence-corrected chi connectivity index (χ1v) is 7.34. The van der Waals surface area contributed by atoms with Crippen LogP contribution in [-0.4, -0.2) is 12.6 Å². The molecule has 1 unspecified atom stereocenters. The van der Waals surface area contributed by atoms with Crippen molar-refractivity contribution in [2.75, 3.05) is 6.54 Å². The molecule has 0 spiro atoms. The summed E-state index contributed by atoms with van der Waals surface area (Å²) >= 11 is 0. The van der Waals surface area contributed by atoms with E-state index in [1.54, 1.807) is 0 Å². The first-order valence-electron chi connectivity index (χ1n) is 7.34. The maximum atomic E-state index is 3.74. The van der Waals surface area contributed by atoms with Crippen LogP contribution < -0.4 is 5.32 Å². The molecule has 0 radical (unpaired) electrons. The van der Waals surface area contributed by atoms with E-state index in [-0.39, 0.29) is 0 Å². The fourth-order valence-corrected chi connectivity index (χ4v) is 2.48. The molecule has 1 nitrogen and oxygen atoms in total. The largest absolute Gasteiger partial charge is 0.314 e. The van der Waals surface area contributed by atoms with Crippen LogP contribution in [0.4, 0.5) is 0 Å². The molecule has 96 valence electrons. The zero-order valence-corrected chi connectivity index (χ0v) is 11.8. The van der Waals surface area contributed by atoms with Gasteiger partial charge in [0.25, 0.3) is 0 Å². The van der Waals surface area contributed by atoms with E-state index >= 15 is 0 Å². The molecule has 0 aromatic heterocycles. The van der Waals surface area contributed by atoms with Crippen molar-refractivity contribution in [2.45, 2.75) is 78.7 Å². The van der Waals surface area contributed by atoms with Crippen molar-refractivity contribution in [3.63, 3.8) is 0 Å². The minimum Gasteiger partial charge on any atom is -0.314 e. The highest BCUT2D eigenvalue weighted by molar-refractivity contribution is 4.97. The summed E-state index contributed by atoms with van der Waals surface area (Å²) in [7, 11) is 0. The van der Waals surface area contributed by atoms with Crippen LogP contribution in [0.15, 0.2) is 0 Å². The fraction of sp³-hybridized carbons (Fsp3) is 1.00. The van der Waals surface area contributed by atoms with E-state index in [9.17, 15) is 0 Å². The van der Waals surface area contributed by atoms with E-state index in [2.05, 4.69) is 33.0 Å². The van der Waals surface area contributed by atoms with Gasteiger partial charge in [0.2, 0.25) is 0 Å². The molecule has 0 aromatic carbocycles. The standard InChI is InChI=1S/C15H31N/c1-5-6-7-8-9-14(4)16-12-15(10-11-15)13(2)3/h13-14,16H,5-12H2,1-4H3. The fourth-order valence-electron chi connectivity index (χ4n) is 2.48. The average molecular weight is 225 g/mol. The van der Waals surface area contributed by atoms with Gasteiger partial charge in [0.15, 0.2) is 0 Å². The third-order valence-electron chi connectivity index (χ3n) is 4.41. The van der Waals surface area contributed by atoms with Crippen molar-refractivity contribution in [2.24, 2.45) is 11.3 Å². The van der Waals surface area contributed by atoms with E-state index < -0.39 is 0 Å². The summed E-state index contributed by atoms with van der Waals surface area (Å²) in [5.74, 6) is 0.854. The molecule has 0 heterocycles. The van der Waals surface area contributed by atoms with Crippen molar-refractivity contribution >= 4 is 0 Å². The third-order valence-corrected chi connectivity index (χ3v) is 4.41. The van der Waals surface area contributed by atoms with Crippen LogP contribution in [0.5, 0.6) is 0 Å². The van der Waals surface area contributed by atoms with Gasteiger partial charge in [-0.3, -0.25) is 0 Å². The number of unbranched alkanes of at least 4 members (excludes halogenated alkanes) is 3. The second-order valence-corrected chi connectivity index (χ2v) is 6.15. The average Bonchev–Trinajstić information content (AvgIpc) is 3.03. The molecule has 1 N–H and O–H groups in total. The molecule has 1 aliphatic carbocycles. The predicted molar refractivity (Wildman–Crippen MR) is 72.7 cm³/mol. The lowest BCUT2D eigenvalue weighted by atomic mass is 9.92. The van der Waals surface area contributed by atoms with Gasteiger partial charge in [-0.25, -0.2) is 0 Å². The number of rotatable bonds is 9. The van der Waals surface area contributed by atoms with Gasteiger partial charge >= 0.3 is 0 Å². The Kier molecular flexibility index (Phi) is 5.82. The monoisotopic (exact) mass is 225 g/mol. The normalized spacial score (nSPS) is 20.1. The summed E-state index contributed by atoms with van der Waals surface area (Å²) in [6.07, 6.45) is 9.81. The van der Waals surface area contributed by atoms with Gasteiger partial charge in [-0.15, -0.1) is 0 Å². The smallest absolute Gasteiger partial charge is 0.00389 e. The van der Waals surface area contributed by atoms with Gasteiger partial charge in [0.05, 0.1) is 0 Å². The lowest BCUT2D eigenvalue weighted by Crippen LogP contribution is -2.34. The van der Waals surface area contributed by atoms with Crippen molar-refractivity contribution < 1.29 is 0 Å². The highest BCUT2D eigenvalue weighted by Crippen LogP contribution is 2.51. The molecule has 1 heteroatoms. The molecule has 0 bridgehead atoms. The van der Waals surface area contributed by atoms with Crippen molar-refractivity contribution in [1.82, 2.24) is 5.32 Å². The Morgan fingerprint density at radius 1 is 1.06 bits per heavy atom. The Morgan fingerprint density at radius 3 is 2.25 bits per heavy atom. The molecular formula is C15H31N. The molecule has 1 fully saturated rings. The van der Waals surface area contributed by atoms with Gasteiger partial charge in [-0.05, 0) is 37.5 Å². The quantitative estimate of drug-likeness (QED) is 0.575. The van der Waals surface area contributed by atoms with Crippen LogP contribution in [0.25, 0.3) is 0 Å². The van der Waals surface area contributed by atoms with Crippen LogP contribution in [0.2, 0.25) is 0 Å². The molecule has 0 saturated heterocycles. The number of hydrogen-bond acceptors (Lipinski definition) is 1. The SMILES string of the molecule is CCCCCCC(C)NCC1(C(C)C)CC1. The van der Waals surface area contributed by atoms with Crippen LogP contribution in [0, 0.1) is 11.3 Å². The zero-order valence-electron chi connectivity index (χ0n) is 11.8. The van der Waals surface area contributed by atoms with Gasteiger partial charge in [0, 0.05) is 12.6 Å². The lowest BCUT2D eigenvalue weighted by Gasteiger charge is -2.23. The van der Waals surface area contributed by atoms with Crippen LogP contribution in [0.1, 0.15) is 72.6 Å². The maximum Gasteiger partial charge on any atom is 0.00389 e. The predicted octanol–water partition coefficient (Wildman–Crippen LogP) is 4.37. The minimum absolute atomic E-state index is 0.664. The molecule has 0 amide bonds. The van der Waals surface area contributed by atoms with Crippen LogP contribution >= 0.6 is 0 Å². The Bertz CT molecular complexity index is 182. The second kappa shape index (κ2) is 6.64. The van der Waals surface area contributed by atoms with Crippen molar-refractivity contribution in [1.29, 1.82) is 0 Å². The molecule has 1 atom stereocenters. The van der Waals surface area contributed by atoms with Crippen LogP contribution in [-0.2, 0) is 0 Å². The zero-order chi connectivity index (χ0) is 12.0. The topological polar surface area (TPSA) is 12.0 Å². The molecule has 0 aliphatic heterocycles. The van der Waals surface area contributed by atoms with E-state index in [1.807, 2.05) is 0 Å². The highest BCUT2D eigenvalue weighted by atomic mass is 14.9. The van der Waals surface area contributed by atoms with E-state index in [1.165, 1.54) is 51.5 Å². The summed E-state index contributed by atoms with van der Waals surface area (Å²) in [6, 6.07) is 0.716. The lowest BCUT2D eigenvalue weighted by molar-refractivity contribution is 0.317. The molecular weight excluding hydrogens is 194 g/mol. The van der Waals surface area contributed by atoms with E-state index in [0.29, 0.717) is 11.5 Å². The summed E-state index contributed by atoms with van der Waals surface area (Å²) in [4.78, 5) is 0. The first-order chi connectivity index (χ1) is 7.60. The molecule has 1 aliphatic rings. The van der Waals surface area contributed by atoms with Crippen molar-refractivity contribution in [3.05, 3.63) is 0 Å². The first kappa shape index (κ1) is 14.0. The second-order valence-electron chi connectivity index (χ2n) is 6.15. The van der Waals surface area contributed by atoms with Gasteiger partial charge in [-0.1, -0.05) is 46.5 Å². The highest BCUT2D eigenvalue weighted by Gasteiger charge is 2.44. The molecule has 0 aromatic rings. The molecule has 1 saturated carbocycles. The Hall–Kier alpha value is -0.0400. The Labute approximate surface area is 102 Å². The minimum atomic E-state index is 0.664. The van der Waals surface area contributed by atoms with Gasteiger partial charge in [0.1, 0.15) is 0 Å². The summed E-state index contributed by atoms with van der Waals surface area (Å²) in [6.45, 7) is 10.6. The number of nitrogens with one attached hydrogen (secondary N) is 1. The maximum absolute atomic E-state index is 3.74. The molecule has 1 rings (SSSR count). The van der Waals surface area contributed by atoms with Crippen LogP contribution in [0.3, 0.4) is 0 Å². The van der Waals surface area contributed by atoms with Gasteiger partial charge in [-0.2, -0.15) is 0 Å². The van der Waals surface area contributed by atoms with E-state index in [0.717, 1.165) is 5.92 Å².